The third kappa shape index (κ3) is 8.34. The number of ether oxygens (including phenoxy) is 2. The van der Waals surface area contributed by atoms with Crippen molar-refractivity contribution >= 4 is 16.0 Å². The van der Waals surface area contributed by atoms with Gasteiger partial charge in [-0.25, -0.2) is 13.1 Å². The molecule has 0 spiro atoms. The largest absolute Gasteiger partial charge is 0.465 e. The Hall–Kier alpha value is -0.660. The molecule has 1 N–H and O–H groups in total. The van der Waals surface area contributed by atoms with E-state index < -0.39 is 16.0 Å². The molecule has 0 atom stereocenters. The van der Waals surface area contributed by atoms with Crippen LogP contribution < -0.4 is 4.72 Å². The monoisotopic (exact) mass is 239 g/mol. The van der Waals surface area contributed by atoms with Crippen molar-refractivity contribution in [2.45, 2.75) is 13.3 Å². The Kier molecular flexibility index (Phi) is 7.27. The molecule has 0 radical (unpaired) electrons. The summed E-state index contributed by atoms with van der Waals surface area (Å²) in [6, 6.07) is 0. The topological polar surface area (TPSA) is 81.7 Å². The smallest absolute Gasteiger partial charge is 0.320 e. The van der Waals surface area contributed by atoms with E-state index in [2.05, 4.69) is 9.46 Å². The molecule has 0 aliphatic heterocycles. The van der Waals surface area contributed by atoms with E-state index in [9.17, 15) is 13.2 Å². The Morgan fingerprint density at radius 3 is 2.60 bits per heavy atom. The van der Waals surface area contributed by atoms with Gasteiger partial charge in [-0.15, -0.1) is 0 Å². The second-order valence-electron chi connectivity index (χ2n) is 2.79. The lowest BCUT2D eigenvalue weighted by Gasteiger charge is -2.05. The van der Waals surface area contributed by atoms with Gasteiger partial charge in [-0.2, -0.15) is 0 Å². The van der Waals surface area contributed by atoms with E-state index in [0.29, 0.717) is 13.0 Å². The van der Waals surface area contributed by atoms with Crippen molar-refractivity contribution in [1.82, 2.24) is 4.72 Å². The maximum atomic E-state index is 11.2. The standard InChI is InChI=1S/C8H17NO5S/c1-3-14-8(10)7-9-15(11,12)6-4-5-13-2/h9H,3-7H2,1-2H3. The van der Waals surface area contributed by atoms with Crippen LogP contribution in [-0.4, -0.2) is 47.0 Å². The summed E-state index contributed by atoms with van der Waals surface area (Å²) >= 11 is 0. The van der Waals surface area contributed by atoms with Crippen LogP contribution in [0, 0.1) is 0 Å². The van der Waals surface area contributed by atoms with Crippen LogP contribution in [0.1, 0.15) is 13.3 Å². The minimum absolute atomic E-state index is 0.0553. The van der Waals surface area contributed by atoms with Gasteiger partial charge in [0.05, 0.1) is 12.4 Å². The summed E-state index contributed by atoms with van der Waals surface area (Å²) in [5, 5.41) is 0. The molecule has 6 nitrogen and oxygen atoms in total. The van der Waals surface area contributed by atoms with E-state index in [4.69, 9.17) is 4.74 Å². The molecule has 0 unspecified atom stereocenters. The molecule has 0 aliphatic carbocycles. The van der Waals surface area contributed by atoms with Gasteiger partial charge < -0.3 is 9.47 Å². The lowest BCUT2D eigenvalue weighted by molar-refractivity contribution is -0.141. The second-order valence-corrected chi connectivity index (χ2v) is 4.72. The molecule has 0 saturated heterocycles. The predicted octanol–water partition coefficient (Wildman–Crippen LogP) is -0.495. The maximum Gasteiger partial charge on any atom is 0.320 e. The zero-order chi connectivity index (χ0) is 11.7. The molecule has 90 valence electrons. The fourth-order valence-corrected chi connectivity index (χ4v) is 1.83. The van der Waals surface area contributed by atoms with Crippen LogP contribution in [0.15, 0.2) is 0 Å². The molecule has 0 aromatic heterocycles. The molecule has 0 saturated carbocycles. The third-order valence-corrected chi connectivity index (χ3v) is 2.91. The summed E-state index contributed by atoms with van der Waals surface area (Å²) in [6.45, 7) is 1.96. The number of hydrogen-bond donors (Lipinski definition) is 1. The predicted molar refractivity (Wildman–Crippen MR) is 54.9 cm³/mol. The van der Waals surface area contributed by atoms with Crippen LogP contribution in [0.25, 0.3) is 0 Å². The first-order valence-corrected chi connectivity index (χ1v) is 6.29. The van der Waals surface area contributed by atoms with Crippen molar-refractivity contribution in [3.8, 4) is 0 Å². The van der Waals surface area contributed by atoms with E-state index in [1.54, 1.807) is 6.92 Å². The highest BCUT2D eigenvalue weighted by atomic mass is 32.2. The lowest BCUT2D eigenvalue weighted by Crippen LogP contribution is -2.32. The number of nitrogens with one attached hydrogen (secondary N) is 1. The minimum atomic E-state index is -3.40. The summed E-state index contributed by atoms with van der Waals surface area (Å²) in [7, 11) is -1.90. The van der Waals surface area contributed by atoms with E-state index in [-0.39, 0.29) is 18.9 Å². The minimum Gasteiger partial charge on any atom is -0.465 e. The van der Waals surface area contributed by atoms with Crippen LogP contribution in [0.4, 0.5) is 0 Å². The quantitative estimate of drug-likeness (QED) is 0.456. The molecule has 0 aliphatic rings. The van der Waals surface area contributed by atoms with Crippen LogP contribution in [0.5, 0.6) is 0 Å². The number of rotatable bonds is 8. The maximum absolute atomic E-state index is 11.2. The first-order chi connectivity index (χ1) is 7.02. The lowest BCUT2D eigenvalue weighted by atomic mass is 10.5. The molecule has 0 fully saturated rings. The second kappa shape index (κ2) is 7.61. The molecule has 7 heteroatoms. The van der Waals surface area contributed by atoms with Gasteiger partial charge in [0.2, 0.25) is 10.0 Å². The van der Waals surface area contributed by atoms with Gasteiger partial charge in [0.25, 0.3) is 0 Å². The van der Waals surface area contributed by atoms with E-state index in [1.807, 2.05) is 0 Å². The first-order valence-electron chi connectivity index (χ1n) is 4.63. The highest BCUT2D eigenvalue weighted by molar-refractivity contribution is 7.89. The normalized spacial score (nSPS) is 11.3. The van der Waals surface area contributed by atoms with E-state index in [1.165, 1.54) is 7.11 Å². The summed E-state index contributed by atoms with van der Waals surface area (Å²) in [6.07, 6.45) is 0.397. The SMILES string of the molecule is CCOC(=O)CNS(=O)(=O)CCCOC. The van der Waals surface area contributed by atoms with Crippen molar-refractivity contribution in [2.75, 3.05) is 32.6 Å². The number of carbonyl (C=O) groups is 1. The fourth-order valence-electron chi connectivity index (χ4n) is 0.846. The van der Waals surface area contributed by atoms with Crippen molar-refractivity contribution in [3.63, 3.8) is 0 Å². The molecule has 0 amide bonds. The van der Waals surface area contributed by atoms with Crippen LogP contribution in [0.3, 0.4) is 0 Å². The highest BCUT2D eigenvalue weighted by Crippen LogP contribution is 1.90. The highest BCUT2D eigenvalue weighted by Gasteiger charge is 2.12. The zero-order valence-corrected chi connectivity index (χ0v) is 9.80. The summed E-state index contributed by atoms with van der Waals surface area (Å²) in [4.78, 5) is 10.8. The fraction of sp³-hybridized carbons (Fsp3) is 0.875. The number of esters is 1. The van der Waals surface area contributed by atoms with Crippen molar-refractivity contribution in [2.24, 2.45) is 0 Å². The van der Waals surface area contributed by atoms with Gasteiger partial charge in [-0.1, -0.05) is 0 Å². The molecular weight excluding hydrogens is 222 g/mol. The molecule has 0 aromatic carbocycles. The van der Waals surface area contributed by atoms with Crippen molar-refractivity contribution in [1.29, 1.82) is 0 Å². The van der Waals surface area contributed by atoms with Gasteiger partial charge >= 0.3 is 5.97 Å². The zero-order valence-electron chi connectivity index (χ0n) is 8.99. The summed E-state index contributed by atoms with van der Waals surface area (Å²) in [5.74, 6) is -0.631. The molecular formula is C8H17NO5S. The molecule has 0 heterocycles. The van der Waals surface area contributed by atoms with Gasteiger partial charge in [0.1, 0.15) is 6.54 Å². The Bertz CT molecular complexity index is 275. The van der Waals surface area contributed by atoms with Gasteiger partial charge in [-0.05, 0) is 13.3 Å². The Morgan fingerprint density at radius 2 is 2.07 bits per heavy atom. The van der Waals surface area contributed by atoms with Gasteiger partial charge in [0, 0.05) is 13.7 Å². The van der Waals surface area contributed by atoms with Crippen LogP contribution >= 0.6 is 0 Å². The Morgan fingerprint density at radius 1 is 1.40 bits per heavy atom. The van der Waals surface area contributed by atoms with E-state index in [0.717, 1.165) is 0 Å². The average molecular weight is 239 g/mol. The van der Waals surface area contributed by atoms with Crippen molar-refractivity contribution in [3.05, 3.63) is 0 Å². The number of methoxy groups -OCH3 is 1. The molecule has 0 rings (SSSR count). The molecule has 15 heavy (non-hydrogen) atoms. The van der Waals surface area contributed by atoms with Gasteiger partial charge in [-0.3, -0.25) is 4.79 Å². The molecule has 0 bridgehead atoms. The first kappa shape index (κ1) is 14.3. The summed E-state index contributed by atoms with van der Waals surface area (Å²) in [5.41, 5.74) is 0. The number of carbonyl (C=O) groups excluding carboxylic acids is 1. The Labute approximate surface area is 90.0 Å². The number of sulfonamides is 1. The number of hydrogen-bond acceptors (Lipinski definition) is 5. The van der Waals surface area contributed by atoms with E-state index >= 15 is 0 Å². The van der Waals surface area contributed by atoms with Crippen LogP contribution in [-0.2, 0) is 24.3 Å². The van der Waals surface area contributed by atoms with Crippen molar-refractivity contribution < 1.29 is 22.7 Å². The van der Waals surface area contributed by atoms with Crippen LogP contribution in [0.2, 0.25) is 0 Å². The molecule has 0 aromatic rings. The van der Waals surface area contributed by atoms with Gasteiger partial charge in [0.15, 0.2) is 0 Å². The summed E-state index contributed by atoms with van der Waals surface area (Å²) < 4.78 is 33.9. The third-order valence-electron chi connectivity index (χ3n) is 1.50. The average Bonchev–Trinajstić information content (AvgIpc) is 2.16. The Balaban J connectivity index is 3.78.